The summed E-state index contributed by atoms with van der Waals surface area (Å²) < 4.78 is 26.4. The van der Waals surface area contributed by atoms with Crippen LogP contribution in [-0.4, -0.2) is 60.6 Å². The van der Waals surface area contributed by atoms with Gasteiger partial charge in [0.2, 0.25) is 5.91 Å². The second-order valence-corrected chi connectivity index (χ2v) is 10.4. The number of thiazole rings is 1. The van der Waals surface area contributed by atoms with Crippen LogP contribution < -0.4 is 4.90 Å². The number of amides is 1. The summed E-state index contributed by atoms with van der Waals surface area (Å²) >= 11 is 1.29. The van der Waals surface area contributed by atoms with Gasteiger partial charge < -0.3 is 9.80 Å². The van der Waals surface area contributed by atoms with E-state index in [1.165, 1.54) is 17.5 Å². The minimum Gasteiger partial charge on any atom is -0.353 e. The van der Waals surface area contributed by atoms with Crippen LogP contribution in [0.4, 0.5) is 5.82 Å². The minimum absolute atomic E-state index is 0.0586. The number of anilines is 1. The molecule has 1 aliphatic heterocycles. The number of sulfone groups is 1. The number of piperazine rings is 1. The predicted molar refractivity (Wildman–Crippen MR) is 119 cm³/mol. The fourth-order valence-electron chi connectivity index (χ4n) is 3.76. The first-order chi connectivity index (χ1) is 14.9. The molecule has 4 rings (SSSR count). The van der Waals surface area contributed by atoms with Crippen molar-refractivity contribution in [3.8, 4) is 6.07 Å². The number of benzene rings is 1. The summed E-state index contributed by atoms with van der Waals surface area (Å²) in [4.78, 5) is 25.3. The fraction of sp³-hybridized carbons (Fsp3) is 0.333. The average molecular weight is 456 g/mol. The van der Waals surface area contributed by atoms with E-state index in [9.17, 15) is 13.2 Å². The average Bonchev–Trinajstić information content (AvgIpc) is 3.26. The lowest BCUT2D eigenvalue weighted by atomic mass is 10.1. The first-order valence-electron chi connectivity index (χ1n) is 9.84. The van der Waals surface area contributed by atoms with Gasteiger partial charge in [-0.2, -0.15) is 5.26 Å². The van der Waals surface area contributed by atoms with Gasteiger partial charge in [0.05, 0.1) is 31.9 Å². The van der Waals surface area contributed by atoms with E-state index in [2.05, 4.69) is 14.9 Å². The largest absolute Gasteiger partial charge is 0.353 e. The molecule has 0 radical (unpaired) electrons. The molecular formula is C21H21N5O3S2. The molecule has 3 aromatic rings. The van der Waals surface area contributed by atoms with Crippen molar-refractivity contribution in [2.75, 3.05) is 30.3 Å². The highest BCUT2D eigenvalue weighted by Crippen LogP contribution is 2.27. The van der Waals surface area contributed by atoms with Crippen LogP contribution >= 0.6 is 11.3 Å². The standard InChI is InChI=1S/C21H21N5O3S2/c1-15-13-25(19-6-5-16(11-22)12-23-19)8-9-26(15)20(27)7-10-31(28,29)18-4-2-3-17-21(18)30-14-24-17/h2-6,12,14-15H,7-10,13H2,1H3. The molecule has 0 N–H and O–H groups in total. The van der Waals surface area contributed by atoms with Crippen LogP contribution in [0.25, 0.3) is 10.2 Å². The Balaban J connectivity index is 1.39. The number of nitrogens with zero attached hydrogens (tertiary/aromatic N) is 5. The first-order valence-corrected chi connectivity index (χ1v) is 12.4. The molecule has 2 aromatic heterocycles. The lowest BCUT2D eigenvalue weighted by Gasteiger charge is -2.40. The van der Waals surface area contributed by atoms with Crippen molar-refractivity contribution < 1.29 is 13.2 Å². The van der Waals surface area contributed by atoms with Gasteiger partial charge in [0.15, 0.2) is 9.84 Å². The SMILES string of the molecule is CC1CN(c2ccc(C#N)cn2)CCN1C(=O)CCS(=O)(=O)c1cccc2ncsc12. The Morgan fingerprint density at radius 2 is 2.10 bits per heavy atom. The number of nitriles is 1. The van der Waals surface area contributed by atoms with Crippen molar-refractivity contribution in [3.63, 3.8) is 0 Å². The van der Waals surface area contributed by atoms with Crippen molar-refractivity contribution in [2.24, 2.45) is 0 Å². The lowest BCUT2D eigenvalue weighted by molar-refractivity contribution is -0.133. The van der Waals surface area contributed by atoms with Crippen LogP contribution in [0, 0.1) is 11.3 Å². The number of pyridine rings is 1. The summed E-state index contributed by atoms with van der Waals surface area (Å²) in [6.45, 7) is 3.63. The Bertz CT molecular complexity index is 1250. The maximum Gasteiger partial charge on any atom is 0.223 e. The van der Waals surface area contributed by atoms with Crippen LogP contribution in [0.2, 0.25) is 0 Å². The van der Waals surface area contributed by atoms with Crippen LogP contribution in [0.1, 0.15) is 18.9 Å². The third-order valence-electron chi connectivity index (χ3n) is 5.39. The number of rotatable bonds is 5. The van der Waals surface area contributed by atoms with Crippen molar-refractivity contribution in [3.05, 3.63) is 47.6 Å². The molecule has 0 saturated carbocycles. The molecule has 3 heterocycles. The van der Waals surface area contributed by atoms with Gasteiger partial charge in [-0.1, -0.05) is 6.07 Å². The summed E-state index contributed by atoms with van der Waals surface area (Å²) in [5.41, 5.74) is 2.78. The predicted octanol–water partition coefficient (Wildman–Crippen LogP) is 2.46. The number of fused-ring (bicyclic) bond motifs is 1. The molecule has 1 amide bonds. The molecule has 1 unspecified atom stereocenters. The van der Waals surface area contributed by atoms with Gasteiger partial charge in [-0.15, -0.1) is 11.3 Å². The molecule has 31 heavy (non-hydrogen) atoms. The number of aromatic nitrogens is 2. The Morgan fingerprint density at radius 1 is 1.26 bits per heavy atom. The zero-order valence-electron chi connectivity index (χ0n) is 16.9. The number of carbonyl (C=O) groups excluding carboxylic acids is 1. The highest BCUT2D eigenvalue weighted by molar-refractivity contribution is 7.91. The van der Waals surface area contributed by atoms with E-state index < -0.39 is 9.84 Å². The smallest absolute Gasteiger partial charge is 0.223 e. The molecule has 160 valence electrons. The number of hydrogen-bond acceptors (Lipinski definition) is 8. The number of carbonyl (C=O) groups is 1. The Kier molecular flexibility index (Phi) is 5.89. The van der Waals surface area contributed by atoms with E-state index in [4.69, 9.17) is 5.26 Å². The molecule has 0 spiro atoms. The van der Waals surface area contributed by atoms with Gasteiger partial charge in [-0.05, 0) is 31.2 Å². The molecule has 1 atom stereocenters. The van der Waals surface area contributed by atoms with E-state index in [0.29, 0.717) is 35.4 Å². The maximum atomic E-state index is 12.9. The first kappa shape index (κ1) is 21.2. The third-order valence-corrected chi connectivity index (χ3v) is 8.15. The monoisotopic (exact) mass is 455 g/mol. The molecule has 1 fully saturated rings. The van der Waals surface area contributed by atoms with Crippen molar-refractivity contribution in [2.45, 2.75) is 24.3 Å². The normalized spacial score (nSPS) is 17.0. The second kappa shape index (κ2) is 8.61. The van der Waals surface area contributed by atoms with Gasteiger partial charge in [-0.25, -0.2) is 18.4 Å². The van der Waals surface area contributed by atoms with Gasteiger partial charge in [0.1, 0.15) is 11.9 Å². The lowest BCUT2D eigenvalue weighted by Crippen LogP contribution is -2.54. The van der Waals surface area contributed by atoms with Gasteiger partial charge in [-0.3, -0.25) is 4.79 Å². The highest BCUT2D eigenvalue weighted by Gasteiger charge is 2.29. The Hall–Kier alpha value is -3.03. The Morgan fingerprint density at radius 3 is 2.81 bits per heavy atom. The quantitative estimate of drug-likeness (QED) is 0.582. The van der Waals surface area contributed by atoms with Crippen LogP contribution in [0.3, 0.4) is 0 Å². The third kappa shape index (κ3) is 4.38. The molecule has 1 aliphatic rings. The van der Waals surface area contributed by atoms with E-state index in [1.54, 1.807) is 40.7 Å². The molecule has 1 saturated heterocycles. The van der Waals surface area contributed by atoms with E-state index >= 15 is 0 Å². The number of hydrogen-bond donors (Lipinski definition) is 0. The van der Waals surface area contributed by atoms with E-state index in [0.717, 1.165) is 5.82 Å². The van der Waals surface area contributed by atoms with Crippen molar-refractivity contribution in [1.82, 2.24) is 14.9 Å². The topological polar surface area (TPSA) is 107 Å². The summed E-state index contributed by atoms with van der Waals surface area (Å²) in [5, 5.41) is 8.91. The van der Waals surface area contributed by atoms with E-state index in [1.807, 2.05) is 13.0 Å². The van der Waals surface area contributed by atoms with Crippen molar-refractivity contribution >= 4 is 43.1 Å². The van der Waals surface area contributed by atoms with Crippen LogP contribution in [-0.2, 0) is 14.6 Å². The van der Waals surface area contributed by atoms with Crippen LogP contribution in [0.5, 0.6) is 0 Å². The van der Waals surface area contributed by atoms with Crippen molar-refractivity contribution in [1.29, 1.82) is 5.26 Å². The Labute approximate surface area is 184 Å². The van der Waals surface area contributed by atoms with Gasteiger partial charge in [0.25, 0.3) is 0 Å². The van der Waals surface area contributed by atoms with Crippen LogP contribution in [0.15, 0.2) is 46.9 Å². The molecule has 10 heteroatoms. The van der Waals surface area contributed by atoms with Gasteiger partial charge in [0, 0.05) is 38.3 Å². The van der Waals surface area contributed by atoms with E-state index in [-0.39, 0.29) is 29.0 Å². The maximum absolute atomic E-state index is 12.9. The zero-order chi connectivity index (χ0) is 22.0. The molecular weight excluding hydrogens is 434 g/mol. The highest BCUT2D eigenvalue weighted by atomic mass is 32.2. The minimum atomic E-state index is -3.59. The second-order valence-electron chi connectivity index (χ2n) is 7.42. The van der Waals surface area contributed by atoms with Gasteiger partial charge >= 0.3 is 0 Å². The zero-order valence-corrected chi connectivity index (χ0v) is 18.6. The molecule has 1 aromatic carbocycles. The summed E-state index contributed by atoms with van der Waals surface area (Å²) in [5.74, 6) is 0.366. The summed E-state index contributed by atoms with van der Waals surface area (Å²) in [6, 6.07) is 10.5. The summed E-state index contributed by atoms with van der Waals surface area (Å²) in [6.07, 6.45) is 1.48. The fourth-order valence-corrected chi connectivity index (χ4v) is 6.31. The summed E-state index contributed by atoms with van der Waals surface area (Å²) in [7, 11) is -3.59. The molecule has 8 nitrogen and oxygen atoms in total. The molecule has 0 aliphatic carbocycles. The molecule has 0 bridgehead atoms.